The Balaban J connectivity index is 1.59. The standard InChI is InChI=1S/C21H19BrN4O3/c1-13-18(20(27)28-2)19(26-21(25-13)23-12-24-26)15-6-8-17(9-7-15)29-11-14-4-3-5-16(22)10-14/h3-10,12,19H,11H2,1-2H3,(H,23,24,25). The number of carbonyl (C=O) groups is 1. The third kappa shape index (κ3) is 3.88. The van der Waals surface area contributed by atoms with Gasteiger partial charge in [-0.2, -0.15) is 10.1 Å². The second-order valence-corrected chi connectivity index (χ2v) is 7.49. The first kappa shape index (κ1) is 19.2. The van der Waals surface area contributed by atoms with Crippen molar-refractivity contribution in [1.82, 2.24) is 14.8 Å². The summed E-state index contributed by atoms with van der Waals surface area (Å²) in [4.78, 5) is 16.7. The smallest absolute Gasteiger partial charge is 0.338 e. The highest BCUT2D eigenvalue weighted by Gasteiger charge is 2.33. The predicted octanol–water partition coefficient (Wildman–Crippen LogP) is 4.08. The Morgan fingerprint density at radius 3 is 2.76 bits per heavy atom. The summed E-state index contributed by atoms with van der Waals surface area (Å²) in [6.07, 6.45) is 1.46. The van der Waals surface area contributed by atoms with Gasteiger partial charge in [-0.05, 0) is 42.3 Å². The SMILES string of the molecule is COC(=O)C1=C(C)Nc2ncnn2C1c1ccc(OCc2cccc(Br)c2)cc1. The fourth-order valence-corrected chi connectivity index (χ4v) is 3.76. The molecular weight excluding hydrogens is 436 g/mol. The van der Waals surface area contributed by atoms with E-state index in [0.29, 0.717) is 23.8 Å². The van der Waals surface area contributed by atoms with E-state index in [1.54, 1.807) is 4.68 Å². The molecule has 1 unspecified atom stereocenters. The number of methoxy groups -OCH3 is 1. The molecule has 29 heavy (non-hydrogen) atoms. The Bertz CT molecular complexity index is 1080. The minimum Gasteiger partial charge on any atom is -0.489 e. The molecule has 1 aliphatic rings. The van der Waals surface area contributed by atoms with Crippen LogP contribution in [0.3, 0.4) is 0 Å². The Kier molecular flexibility index (Phi) is 5.35. The summed E-state index contributed by atoms with van der Waals surface area (Å²) in [5, 5.41) is 7.39. The molecule has 8 heteroatoms. The molecule has 3 aromatic rings. The number of halogens is 1. The molecule has 0 amide bonds. The van der Waals surface area contributed by atoms with Crippen LogP contribution in [0.25, 0.3) is 0 Å². The van der Waals surface area contributed by atoms with Crippen molar-refractivity contribution in [3.8, 4) is 5.75 Å². The van der Waals surface area contributed by atoms with Gasteiger partial charge in [0.25, 0.3) is 0 Å². The molecule has 0 saturated carbocycles. The normalized spacial score (nSPS) is 15.5. The Labute approximate surface area is 176 Å². The fraction of sp³-hybridized carbons (Fsp3) is 0.190. The van der Waals surface area contributed by atoms with Gasteiger partial charge in [-0.15, -0.1) is 0 Å². The number of benzene rings is 2. The number of hydrogen-bond acceptors (Lipinski definition) is 6. The molecule has 148 valence electrons. The van der Waals surface area contributed by atoms with Gasteiger partial charge in [0.15, 0.2) is 0 Å². The van der Waals surface area contributed by atoms with Crippen LogP contribution in [-0.4, -0.2) is 27.8 Å². The van der Waals surface area contributed by atoms with Gasteiger partial charge in [0.2, 0.25) is 5.95 Å². The lowest BCUT2D eigenvalue weighted by molar-refractivity contribution is -0.136. The quantitative estimate of drug-likeness (QED) is 0.585. The molecule has 1 aromatic heterocycles. The van der Waals surface area contributed by atoms with Gasteiger partial charge < -0.3 is 14.8 Å². The van der Waals surface area contributed by atoms with Crippen molar-refractivity contribution >= 4 is 27.8 Å². The largest absolute Gasteiger partial charge is 0.489 e. The highest BCUT2D eigenvalue weighted by Crippen LogP contribution is 2.35. The molecule has 2 aromatic carbocycles. The van der Waals surface area contributed by atoms with Crippen molar-refractivity contribution in [3.63, 3.8) is 0 Å². The van der Waals surface area contributed by atoms with Gasteiger partial charge in [0.1, 0.15) is 24.7 Å². The Hall–Kier alpha value is -3.13. The molecule has 1 N–H and O–H groups in total. The molecule has 1 aliphatic heterocycles. The first-order chi connectivity index (χ1) is 14.1. The molecule has 0 bridgehead atoms. The second kappa shape index (κ2) is 8.08. The van der Waals surface area contributed by atoms with Crippen molar-refractivity contribution in [3.05, 3.63) is 81.7 Å². The zero-order valence-electron chi connectivity index (χ0n) is 15.9. The zero-order valence-corrected chi connectivity index (χ0v) is 17.5. The van der Waals surface area contributed by atoms with Crippen LogP contribution in [0.4, 0.5) is 5.95 Å². The van der Waals surface area contributed by atoms with E-state index >= 15 is 0 Å². The number of hydrogen-bond donors (Lipinski definition) is 1. The van der Waals surface area contributed by atoms with E-state index in [4.69, 9.17) is 9.47 Å². The van der Waals surface area contributed by atoms with Crippen LogP contribution in [0.2, 0.25) is 0 Å². The Morgan fingerprint density at radius 1 is 1.24 bits per heavy atom. The molecule has 2 heterocycles. The molecule has 1 atom stereocenters. The van der Waals surface area contributed by atoms with E-state index in [-0.39, 0.29) is 0 Å². The van der Waals surface area contributed by atoms with Gasteiger partial charge in [-0.3, -0.25) is 0 Å². The molecule has 0 radical (unpaired) electrons. The molecule has 0 fully saturated rings. The third-order valence-corrected chi connectivity index (χ3v) is 5.18. The van der Waals surface area contributed by atoms with Crippen molar-refractivity contribution in [1.29, 1.82) is 0 Å². The molecule has 4 rings (SSSR count). The second-order valence-electron chi connectivity index (χ2n) is 6.57. The summed E-state index contributed by atoms with van der Waals surface area (Å²) in [6, 6.07) is 15.2. The van der Waals surface area contributed by atoms with E-state index in [1.165, 1.54) is 13.4 Å². The molecular formula is C21H19BrN4O3. The summed E-state index contributed by atoms with van der Waals surface area (Å²) in [5.41, 5.74) is 3.14. The topological polar surface area (TPSA) is 78.3 Å². The number of fused-ring (bicyclic) bond motifs is 1. The van der Waals surface area contributed by atoms with Crippen LogP contribution < -0.4 is 10.1 Å². The van der Waals surface area contributed by atoms with E-state index in [2.05, 4.69) is 31.3 Å². The van der Waals surface area contributed by atoms with Crippen LogP contribution in [0.1, 0.15) is 24.1 Å². The van der Waals surface area contributed by atoms with Crippen LogP contribution in [0.15, 0.2) is 70.6 Å². The number of esters is 1. The number of nitrogens with one attached hydrogen (secondary N) is 1. The molecule has 7 nitrogen and oxygen atoms in total. The number of carbonyl (C=O) groups excluding carboxylic acids is 1. The number of allylic oxidation sites excluding steroid dienone is 1. The van der Waals surface area contributed by atoms with Crippen LogP contribution in [-0.2, 0) is 16.1 Å². The Morgan fingerprint density at radius 2 is 2.03 bits per heavy atom. The minimum atomic E-state index is -0.430. The van der Waals surface area contributed by atoms with Gasteiger partial charge in [-0.25, -0.2) is 9.48 Å². The lowest BCUT2D eigenvalue weighted by Crippen LogP contribution is -2.29. The summed E-state index contributed by atoms with van der Waals surface area (Å²) >= 11 is 3.46. The first-order valence-electron chi connectivity index (χ1n) is 8.99. The number of ether oxygens (including phenoxy) is 2. The van der Waals surface area contributed by atoms with Crippen LogP contribution in [0, 0.1) is 0 Å². The van der Waals surface area contributed by atoms with Gasteiger partial charge in [-0.1, -0.05) is 40.2 Å². The zero-order chi connectivity index (χ0) is 20.4. The minimum absolute atomic E-state index is 0.406. The average Bonchev–Trinajstić information content (AvgIpc) is 3.19. The average molecular weight is 455 g/mol. The maximum absolute atomic E-state index is 12.4. The maximum atomic E-state index is 12.4. The summed E-state index contributed by atoms with van der Waals surface area (Å²) in [7, 11) is 1.37. The van der Waals surface area contributed by atoms with Crippen LogP contribution in [0.5, 0.6) is 5.75 Å². The van der Waals surface area contributed by atoms with Crippen molar-refractivity contribution in [2.45, 2.75) is 19.6 Å². The summed E-state index contributed by atoms with van der Waals surface area (Å²) < 4.78 is 13.6. The van der Waals surface area contributed by atoms with E-state index < -0.39 is 12.0 Å². The number of anilines is 1. The highest BCUT2D eigenvalue weighted by atomic mass is 79.9. The van der Waals surface area contributed by atoms with Gasteiger partial charge in [0, 0.05) is 10.2 Å². The van der Waals surface area contributed by atoms with Crippen molar-refractivity contribution < 1.29 is 14.3 Å². The fourth-order valence-electron chi connectivity index (χ4n) is 3.31. The lowest BCUT2D eigenvalue weighted by Gasteiger charge is -2.28. The van der Waals surface area contributed by atoms with Gasteiger partial charge in [0.05, 0.1) is 12.7 Å². The molecule has 0 spiro atoms. The van der Waals surface area contributed by atoms with E-state index in [1.807, 2.05) is 55.5 Å². The van der Waals surface area contributed by atoms with Crippen LogP contribution >= 0.6 is 15.9 Å². The van der Waals surface area contributed by atoms with E-state index in [0.717, 1.165) is 21.3 Å². The predicted molar refractivity (Wildman–Crippen MR) is 111 cm³/mol. The first-order valence-corrected chi connectivity index (χ1v) is 9.79. The van der Waals surface area contributed by atoms with Crippen molar-refractivity contribution in [2.24, 2.45) is 0 Å². The van der Waals surface area contributed by atoms with E-state index in [9.17, 15) is 4.79 Å². The maximum Gasteiger partial charge on any atom is 0.338 e. The summed E-state index contributed by atoms with van der Waals surface area (Å²) in [5.74, 6) is 0.910. The lowest BCUT2D eigenvalue weighted by atomic mass is 9.96. The molecule has 0 saturated heterocycles. The third-order valence-electron chi connectivity index (χ3n) is 4.69. The van der Waals surface area contributed by atoms with Gasteiger partial charge >= 0.3 is 5.97 Å². The number of aromatic nitrogens is 3. The van der Waals surface area contributed by atoms with Crippen molar-refractivity contribution in [2.75, 3.05) is 12.4 Å². The molecule has 0 aliphatic carbocycles. The number of nitrogens with zero attached hydrogens (tertiary/aromatic N) is 3. The highest BCUT2D eigenvalue weighted by molar-refractivity contribution is 9.10. The monoisotopic (exact) mass is 454 g/mol. The number of rotatable bonds is 5. The summed E-state index contributed by atoms with van der Waals surface area (Å²) in [6.45, 7) is 2.29.